The molecule has 0 spiro atoms. The molecule has 1 saturated heterocycles. The number of rotatable bonds is 4. The lowest BCUT2D eigenvalue weighted by Gasteiger charge is -2.34. The minimum absolute atomic E-state index is 0.584. The summed E-state index contributed by atoms with van der Waals surface area (Å²) in [6.45, 7) is 3.06. The highest BCUT2D eigenvalue weighted by Crippen LogP contribution is 2.30. The molecule has 108 valence electrons. The minimum Gasteiger partial charge on any atom is -0.333 e. The molecule has 4 heteroatoms. The summed E-state index contributed by atoms with van der Waals surface area (Å²) in [5.41, 5.74) is 0. The lowest BCUT2D eigenvalue weighted by Crippen LogP contribution is -2.47. The van der Waals surface area contributed by atoms with Gasteiger partial charge in [0.2, 0.25) is 0 Å². The smallest absolute Gasteiger partial charge is 0.0949 e. The third-order valence-corrected chi connectivity index (χ3v) is 4.74. The Balaban J connectivity index is 1.52. The van der Waals surface area contributed by atoms with Crippen molar-refractivity contribution in [3.05, 3.63) is 18.7 Å². The Labute approximate surface area is 121 Å². The molecule has 0 bridgehead atoms. The van der Waals surface area contributed by atoms with Gasteiger partial charge in [-0.05, 0) is 32.1 Å². The Morgan fingerprint density at radius 1 is 1.25 bits per heavy atom. The quantitative estimate of drug-likeness (QED) is 0.846. The van der Waals surface area contributed by atoms with Crippen LogP contribution in [0.25, 0.3) is 0 Å². The average molecular weight is 272 g/mol. The number of piperidine rings is 1. The molecule has 2 aliphatic rings. The highest BCUT2D eigenvalue weighted by molar-refractivity contribution is 4.95. The summed E-state index contributed by atoms with van der Waals surface area (Å²) >= 11 is 0. The van der Waals surface area contributed by atoms with Crippen molar-refractivity contribution < 1.29 is 0 Å². The molecule has 1 aliphatic heterocycles. The van der Waals surface area contributed by atoms with Gasteiger partial charge in [0.25, 0.3) is 0 Å². The van der Waals surface area contributed by atoms with Crippen molar-refractivity contribution in [2.45, 2.75) is 50.2 Å². The van der Waals surface area contributed by atoms with Crippen molar-refractivity contribution in [3.63, 3.8) is 0 Å². The fraction of sp³-hybridized carbons (Fsp3) is 0.688. The number of hydrogen-bond donors (Lipinski definition) is 1. The van der Waals surface area contributed by atoms with Crippen molar-refractivity contribution in [1.82, 2.24) is 19.8 Å². The zero-order valence-electron chi connectivity index (χ0n) is 12.0. The van der Waals surface area contributed by atoms with E-state index < -0.39 is 0 Å². The molecule has 4 nitrogen and oxygen atoms in total. The van der Waals surface area contributed by atoms with Crippen LogP contribution in [0.15, 0.2) is 18.7 Å². The van der Waals surface area contributed by atoms with Gasteiger partial charge in [0.15, 0.2) is 0 Å². The van der Waals surface area contributed by atoms with Crippen LogP contribution in [0, 0.1) is 12.3 Å². The highest BCUT2D eigenvalue weighted by atomic mass is 15.2. The van der Waals surface area contributed by atoms with Gasteiger partial charge < -0.3 is 9.88 Å². The Bertz CT molecular complexity index is 440. The molecule has 2 unspecified atom stereocenters. The molecule has 1 aliphatic carbocycles. The van der Waals surface area contributed by atoms with Crippen LogP contribution in [0.4, 0.5) is 0 Å². The molecule has 0 aromatic carbocycles. The van der Waals surface area contributed by atoms with Crippen molar-refractivity contribution in [3.8, 4) is 12.3 Å². The third kappa shape index (κ3) is 3.05. The molecule has 1 aromatic rings. The van der Waals surface area contributed by atoms with Gasteiger partial charge in [-0.2, -0.15) is 0 Å². The van der Waals surface area contributed by atoms with Crippen LogP contribution < -0.4 is 5.32 Å². The maximum atomic E-state index is 5.38. The number of imidazole rings is 1. The van der Waals surface area contributed by atoms with E-state index in [0.717, 1.165) is 19.6 Å². The average Bonchev–Trinajstić information content (AvgIpc) is 3.12. The van der Waals surface area contributed by atoms with Crippen LogP contribution >= 0.6 is 0 Å². The minimum atomic E-state index is 0.584. The number of likely N-dealkylation sites (tertiary alicyclic amines) is 1. The Morgan fingerprint density at radius 3 is 2.80 bits per heavy atom. The Morgan fingerprint density at radius 2 is 2.10 bits per heavy atom. The lowest BCUT2D eigenvalue weighted by molar-refractivity contribution is 0.202. The number of hydrogen-bond acceptors (Lipinski definition) is 3. The van der Waals surface area contributed by atoms with E-state index in [1.807, 2.05) is 12.5 Å². The molecule has 0 radical (unpaired) electrons. The van der Waals surface area contributed by atoms with E-state index >= 15 is 0 Å². The molecule has 1 aromatic heterocycles. The van der Waals surface area contributed by atoms with Crippen LogP contribution in [0.3, 0.4) is 0 Å². The van der Waals surface area contributed by atoms with Gasteiger partial charge in [-0.15, -0.1) is 6.42 Å². The summed E-state index contributed by atoms with van der Waals surface area (Å²) in [5, 5.41) is 3.89. The van der Waals surface area contributed by atoms with E-state index in [0.29, 0.717) is 18.1 Å². The van der Waals surface area contributed by atoms with Crippen molar-refractivity contribution >= 4 is 0 Å². The SMILES string of the molecule is C#CCN1CCC(NC2CCCC2n2ccnc2)CC1. The zero-order chi connectivity index (χ0) is 13.8. The van der Waals surface area contributed by atoms with E-state index in [2.05, 4.69) is 31.9 Å². The third-order valence-electron chi connectivity index (χ3n) is 4.74. The summed E-state index contributed by atoms with van der Waals surface area (Å²) in [5.74, 6) is 2.75. The number of nitrogens with one attached hydrogen (secondary N) is 1. The topological polar surface area (TPSA) is 33.1 Å². The summed E-state index contributed by atoms with van der Waals surface area (Å²) in [6, 6.07) is 1.84. The highest BCUT2D eigenvalue weighted by Gasteiger charge is 2.31. The van der Waals surface area contributed by atoms with E-state index in [9.17, 15) is 0 Å². The fourth-order valence-corrected chi connectivity index (χ4v) is 3.65. The summed E-state index contributed by atoms with van der Waals surface area (Å²) in [4.78, 5) is 6.56. The Kier molecular flexibility index (Phi) is 4.39. The van der Waals surface area contributed by atoms with Crippen molar-refractivity contribution in [1.29, 1.82) is 0 Å². The van der Waals surface area contributed by atoms with Gasteiger partial charge in [-0.25, -0.2) is 4.98 Å². The van der Waals surface area contributed by atoms with Crippen LogP contribution in [0.2, 0.25) is 0 Å². The second-order valence-electron chi connectivity index (χ2n) is 6.04. The second-order valence-corrected chi connectivity index (χ2v) is 6.04. The van der Waals surface area contributed by atoms with Crippen LogP contribution in [-0.4, -0.2) is 46.2 Å². The second kappa shape index (κ2) is 6.43. The van der Waals surface area contributed by atoms with Gasteiger partial charge in [0, 0.05) is 43.6 Å². The van der Waals surface area contributed by atoms with Gasteiger partial charge in [-0.1, -0.05) is 5.92 Å². The molecule has 2 heterocycles. The molecule has 0 amide bonds. The standard InChI is InChI=1S/C16H24N4/c1-2-9-19-10-6-14(7-11-19)18-15-4-3-5-16(15)20-12-8-17-13-20/h1,8,12-16,18H,3-7,9-11H2. The van der Waals surface area contributed by atoms with E-state index in [-0.39, 0.29) is 0 Å². The predicted octanol–water partition coefficient (Wildman–Crippen LogP) is 1.66. The fourth-order valence-electron chi connectivity index (χ4n) is 3.65. The number of aromatic nitrogens is 2. The first-order valence-electron chi connectivity index (χ1n) is 7.76. The predicted molar refractivity (Wildman–Crippen MR) is 80.3 cm³/mol. The lowest BCUT2D eigenvalue weighted by atomic mass is 10.0. The van der Waals surface area contributed by atoms with Crippen molar-refractivity contribution in [2.24, 2.45) is 0 Å². The number of nitrogens with zero attached hydrogens (tertiary/aromatic N) is 3. The summed E-state index contributed by atoms with van der Waals surface area (Å²) in [7, 11) is 0. The monoisotopic (exact) mass is 272 g/mol. The summed E-state index contributed by atoms with van der Waals surface area (Å²) in [6.07, 6.45) is 17.6. The Hall–Kier alpha value is -1.31. The maximum Gasteiger partial charge on any atom is 0.0949 e. The first-order chi connectivity index (χ1) is 9.86. The van der Waals surface area contributed by atoms with E-state index in [4.69, 9.17) is 6.42 Å². The molecule has 2 atom stereocenters. The van der Waals surface area contributed by atoms with E-state index in [1.54, 1.807) is 0 Å². The molecule has 3 rings (SSSR count). The molecule has 1 saturated carbocycles. The molecular formula is C16H24N4. The largest absolute Gasteiger partial charge is 0.333 e. The van der Waals surface area contributed by atoms with Crippen molar-refractivity contribution in [2.75, 3.05) is 19.6 Å². The molecule has 2 fully saturated rings. The van der Waals surface area contributed by atoms with Gasteiger partial charge >= 0.3 is 0 Å². The van der Waals surface area contributed by atoms with Gasteiger partial charge in [0.1, 0.15) is 0 Å². The zero-order valence-corrected chi connectivity index (χ0v) is 12.0. The first kappa shape index (κ1) is 13.7. The van der Waals surface area contributed by atoms with E-state index in [1.165, 1.54) is 32.1 Å². The van der Waals surface area contributed by atoms with Crippen LogP contribution in [0.1, 0.15) is 38.1 Å². The molecule has 1 N–H and O–H groups in total. The van der Waals surface area contributed by atoms with Crippen LogP contribution in [0.5, 0.6) is 0 Å². The molecule has 20 heavy (non-hydrogen) atoms. The normalized spacial score (nSPS) is 28.6. The first-order valence-corrected chi connectivity index (χ1v) is 7.76. The van der Waals surface area contributed by atoms with Crippen LogP contribution in [-0.2, 0) is 0 Å². The van der Waals surface area contributed by atoms with Gasteiger partial charge in [0.05, 0.1) is 12.9 Å². The summed E-state index contributed by atoms with van der Waals surface area (Å²) < 4.78 is 2.28. The van der Waals surface area contributed by atoms with Gasteiger partial charge in [-0.3, -0.25) is 4.90 Å². The number of terminal acetylenes is 1. The maximum absolute atomic E-state index is 5.38. The molecular weight excluding hydrogens is 248 g/mol.